The molecule has 0 radical (unpaired) electrons. The lowest BCUT2D eigenvalue weighted by Gasteiger charge is -2.33. The van der Waals surface area contributed by atoms with Gasteiger partial charge in [0.15, 0.2) is 0 Å². The van der Waals surface area contributed by atoms with E-state index in [2.05, 4.69) is 50.8 Å². The molecular formula is C18H28N2. The van der Waals surface area contributed by atoms with Gasteiger partial charge in [0.1, 0.15) is 0 Å². The van der Waals surface area contributed by atoms with E-state index in [1.54, 1.807) is 0 Å². The lowest BCUT2D eigenvalue weighted by atomic mass is 9.97. The number of benzene rings is 1. The summed E-state index contributed by atoms with van der Waals surface area (Å²) in [6, 6.07) is 13.2. The third-order valence-corrected chi connectivity index (χ3v) is 3.83. The summed E-state index contributed by atoms with van der Waals surface area (Å²) < 4.78 is 0. The molecular weight excluding hydrogens is 244 g/mol. The van der Waals surface area contributed by atoms with Crippen molar-refractivity contribution in [3.8, 4) is 6.07 Å². The van der Waals surface area contributed by atoms with E-state index >= 15 is 0 Å². The summed E-state index contributed by atoms with van der Waals surface area (Å²) in [6.45, 7) is 10.9. The summed E-state index contributed by atoms with van der Waals surface area (Å²) in [5.41, 5.74) is 1.13. The van der Waals surface area contributed by atoms with Crippen molar-refractivity contribution < 1.29 is 0 Å². The van der Waals surface area contributed by atoms with E-state index in [0.29, 0.717) is 12.0 Å². The molecule has 1 unspecified atom stereocenters. The Morgan fingerprint density at radius 2 is 1.65 bits per heavy atom. The Hall–Kier alpha value is -1.33. The number of hydrogen-bond donors (Lipinski definition) is 0. The van der Waals surface area contributed by atoms with Crippen molar-refractivity contribution in [2.45, 2.75) is 52.5 Å². The van der Waals surface area contributed by atoms with Gasteiger partial charge < -0.3 is 0 Å². The number of rotatable bonds is 8. The van der Waals surface area contributed by atoms with Crippen molar-refractivity contribution in [3.05, 3.63) is 35.9 Å². The van der Waals surface area contributed by atoms with Gasteiger partial charge in [0.2, 0.25) is 0 Å². The fourth-order valence-corrected chi connectivity index (χ4v) is 2.79. The van der Waals surface area contributed by atoms with Crippen molar-refractivity contribution in [1.82, 2.24) is 4.90 Å². The quantitative estimate of drug-likeness (QED) is 0.699. The van der Waals surface area contributed by atoms with Gasteiger partial charge in [-0.05, 0) is 24.3 Å². The minimum Gasteiger partial charge on any atom is -0.299 e. The Labute approximate surface area is 124 Å². The first-order valence-corrected chi connectivity index (χ1v) is 7.80. The Morgan fingerprint density at radius 1 is 1.05 bits per heavy atom. The van der Waals surface area contributed by atoms with E-state index in [-0.39, 0.29) is 5.92 Å². The average Bonchev–Trinajstić information content (AvgIpc) is 2.46. The van der Waals surface area contributed by atoms with Gasteiger partial charge in [0.05, 0.1) is 12.0 Å². The summed E-state index contributed by atoms with van der Waals surface area (Å²) in [4.78, 5) is 2.51. The van der Waals surface area contributed by atoms with Crippen LogP contribution >= 0.6 is 0 Å². The average molecular weight is 272 g/mol. The molecule has 0 aromatic heterocycles. The van der Waals surface area contributed by atoms with Gasteiger partial charge in [-0.25, -0.2) is 0 Å². The second-order valence-electron chi connectivity index (χ2n) is 5.91. The molecule has 0 aliphatic carbocycles. The van der Waals surface area contributed by atoms with Crippen LogP contribution in [0.25, 0.3) is 0 Å². The number of hydrogen-bond acceptors (Lipinski definition) is 2. The number of nitrogens with zero attached hydrogens (tertiary/aromatic N) is 2. The van der Waals surface area contributed by atoms with Crippen molar-refractivity contribution in [1.29, 1.82) is 5.26 Å². The Kier molecular flexibility index (Phi) is 7.33. The molecule has 20 heavy (non-hydrogen) atoms. The first-order chi connectivity index (χ1) is 9.62. The van der Waals surface area contributed by atoms with Crippen LogP contribution in [0.15, 0.2) is 30.3 Å². The Bertz CT molecular complexity index is 401. The maximum atomic E-state index is 9.51. The zero-order chi connectivity index (χ0) is 15.0. The van der Waals surface area contributed by atoms with Crippen LogP contribution in [0.1, 0.15) is 52.0 Å². The summed E-state index contributed by atoms with van der Waals surface area (Å²) in [7, 11) is 0. The van der Waals surface area contributed by atoms with Crippen LogP contribution < -0.4 is 0 Å². The maximum absolute atomic E-state index is 9.51. The highest BCUT2D eigenvalue weighted by Crippen LogP contribution is 2.20. The highest BCUT2D eigenvalue weighted by atomic mass is 15.2. The topological polar surface area (TPSA) is 27.0 Å². The molecule has 2 nitrogen and oxygen atoms in total. The zero-order valence-electron chi connectivity index (χ0n) is 13.3. The first kappa shape index (κ1) is 16.7. The van der Waals surface area contributed by atoms with Crippen LogP contribution in [-0.2, 0) is 0 Å². The van der Waals surface area contributed by atoms with Crippen LogP contribution in [0.5, 0.6) is 0 Å². The molecule has 1 atom stereocenters. The Balaban J connectivity index is 2.84. The molecule has 1 aromatic rings. The van der Waals surface area contributed by atoms with Crippen LogP contribution in [-0.4, -0.2) is 24.0 Å². The molecule has 0 bridgehead atoms. The largest absolute Gasteiger partial charge is 0.299 e. The number of nitriles is 1. The highest BCUT2D eigenvalue weighted by Gasteiger charge is 2.21. The van der Waals surface area contributed by atoms with E-state index < -0.39 is 0 Å². The predicted octanol–water partition coefficient (Wildman–Crippen LogP) is 4.44. The second kappa shape index (κ2) is 8.76. The van der Waals surface area contributed by atoms with Crippen LogP contribution in [0.3, 0.4) is 0 Å². The monoisotopic (exact) mass is 272 g/mol. The van der Waals surface area contributed by atoms with Crippen LogP contribution in [0.4, 0.5) is 0 Å². The van der Waals surface area contributed by atoms with Crippen LogP contribution in [0.2, 0.25) is 0 Å². The molecule has 0 spiro atoms. The van der Waals surface area contributed by atoms with Crippen molar-refractivity contribution in [2.75, 3.05) is 13.1 Å². The standard InChI is InChI=1S/C18H28N2/c1-5-18(6-2)20(13-15(3)4)14-17(12-19)16-10-8-7-9-11-16/h7-11,15,17-18H,5-6,13-14H2,1-4H3. The van der Waals surface area contributed by atoms with Gasteiger partial charge in [0, 0.05) is 19.1 Å². The van der Waals surface area contributed by atoms with E-state index in [9.17, 15) is 5.26 Å². The maximum Gasteiger partial charge on any atom is 0.0839 e. The fourth-order valence-electron chi connectivity index (χ4n) is 2.79. The zero-order valence-corrected chi connectivity index (χ0v) is 13.3. The second-order valence-corrected chi connectivity index (χ2v) is 5.91. The van der Waals surface area contributed by atoms with E-state index in [1.165, 1.54) is 0 Å². The first-order valence-electron chi connectivity index (χ1n) is 7.80. The molecule has 2 heteroatoms. The molecule has 0 saturated carbocycles. The summed E-state index contributed by atoms with van der Waals surface area (Å²) in [5, 5.41) is 9.51. The molecule has 0 fully saturated rings. The molecule has 0 aliphatic heterocycles. The Morgan fingerprint density at radius 3 is 2.10 bits per heavy atom. The van der Waals surface area contributed by atoms with Gasteiger partial charge in [-0.1, -0.05) is 58.0 Å². The fraction of sp³-hybridized carbons (Fsp3) is 0.611. The lowest BCUT2D eigenvalue weighted by Crippen LogP contribution is -2.39. The molecule has 0 saturated heterocycles. The molecule has 0 amide bonds. The third kappa shape index (κ3) is 4.98. The summed E-state index contributed by atoms with van der Waals surface area (Å²) >= 11 is 0. The van der Waals surface area contributed by atoms with Gasteiger partial charge >= 0.3 is 0 Å². The molecule has 0 N–H and O–H groups in total. The van der Waals surface area contributed by atoms with Gasteiger partial charge in [0.25, 0.3) is 0 Å². The van der Waals surface area contributed by atoms with E-state index in [4.69, 9.17) is 0 Å². The minimum absolute atomic E-state index is 0.0319. The summed E-state index contributed by atoms with van der Waals surface area (Å²) in [5.74, 6) is 0.598. The van der Waals surface area contributed by atoms with Crippen molar-refractivity contribution in [2.24, 2.45) is 5.92 Å². The molecule has 1 aromatic carbocycles. The summed E-state index contributed by atoms with van der Waals surface area (Å²) in [6.07, 6.45) is 2.30. The molecule has 1 rings (SSSR count). The van der Waals surface area contributed by atoms with Gasteiger partial charge in [-0.3, -0.25) is 4.90 Å². The van der Waals surface area contributed by atoms with E-state index in [1.807, 2.05) is 18.2 Å². The normalized spacial score (nSPS) is 12.9. The molecule has 110 valence electrons. The SMILES string of the molecule is CCC(CC)N(CC(C)C)CC(C#N)c1ccccc1. The molecule has 0 heterocycles. The molecule has 0 aliphatic rings. The van der Waals surface area contributed by atoms with Crippen molar-refractivity contribution in [3.63, 3.8) is 0 Å². The lowest BCUT2D eigenvalue weighted by molar-refractivity contribution is 0.162. The highest BCUT2D eigenvalue weighted by molar-refractivity contribution is 5.25. The minimum atomic E-state index is -0.0319. The smallest absolute Gasteiger partial charge is 0.0839 e. The third-order valence-electron chi connectivity index (χ3n) is 3.83. The van der Waals surface area contributed by atoms with Gasteiger partial charge in [-0.15, -0.1) is 0 Å². The van der Waals surface area contributed by atoms with Crippen molar-refractivity contribution >= 4 is 0 Å². The van der Waals surface area contributed by atoms with Gasteiger partial charge in [-0.2, -0.15) is 5.26 Å². The predicted molar refractivity (Wildman–Crippen MR) is 85.6 cm³/mol. The van der Waals surface area contributed by atoms with E-state index in [0.717, 1.165) is 31.5 Å². The van der Waals surface area contributed by atoms with Crippen LogP contribution in [0, 0.1) is 17.2 Å².